The fourth-order valence-corrected chi connectivity index (χ4v) is 9.53. The summed E-state index contributed by atoms with van der Waals surface area (Å²) in [5, 5.41) is 11.3. The fraction of sp³-hybridized carbons (Fsp3) is 0. The second-order valence-electron chi connectivity index (χ2n) is 15.9. The summed E-state index contributed by atoms with van der Waals surface area (Å²) in [6.07, 6.45) is 0. The maximum absolute atomic E-state index is 6.96. The van der Waals surface area contributed by atoms with E-state index in [1.807, 2.05) is 18.2 Å². The average molecular weight is 791 g/mol. The number of hydrogen-bond acceptors (Lipinski definition) is 4. The summed E-state index contributed by atoms with van der Waals surface area (Å²) in [4.78, 5) is 16.3. The van der Waals surface area contributed by atoms with Gasteiger partial charge in [0.2, 0.25) is 0 Å². The van der Waals surface area contributed by atoms with Crippen LogP contribution in [0.5, 0.6) is 0 Å². The second-order valence-corrected chi connectivity index (χ2v) is 15.9. The zero-order valence-electron chi connectivity index (χ0n) is 33.3. The van der Waals surface area contributed by atoms with Crippen molar-refractivity contribution in [1.29, 1.82) is 0 Å². The molecule has 0 aliphatic carbocycles. The van der Waals surface area contributed by atoms with E-state index in [-0.39, 0.29) is 0 Å². The lowest BCUT2D eigenvalue weighted by atomic mass is 9.96. The quantitative estimate of drug-likeness (QED) is 0.163. The van der Waals surface area contributed by atoms with E-state index in [0.29, 0.717) is 17.5 Å². The van der Waals surface area contributed by atoms with Crippen molar-refractivity contribution < 1.29 is 4.42 Å². The van der Waals surface area contributed by atoms with Gasteiger partial charge in [0.1, 0.15) is 11.3 Å². The molecule has 0 N–H and O–H groups in total. The Balaban J connectivity index is 1.16. The molecule has 0 saturated carbocycles. The number of nitrogens with zero attached hydrogens (tertiary/aromatic N) is 4. The lowest BCUT2D eigenvalue weighted by Gasteiger charge is -2.16. The molecule has 0 bridgehead atoms. The Kier molecular flexibility index (Phi) is 7.54. The monoisotopic (exact) mass is 790 g/mol. The molecular weight excluding hydrogens is 757 g/mol. The van der Waals surface area contributed by atoms with Crippen molar-refractivity contribution in [2.75, 3.05) is 0 Å². The van der Waals surface area contributed by atoms with Gasteiger partial charge in [-0.2, -0.15) is 0 Å². The van der Waals surface area contributed by atoms with Gasteiger partial charge in [-0.25, -0.2) is 15.0 Å². The first-order chi connectivity index (χ1) is 30.7. The van der Waals surface area contributed by atoms with Crippen molar-refractivity contribution in [1.82, 2.24) is 19.5 Å². The molecule has 0 aliphatic rings. The van der Waals surface area contributed by atoms with Gasteiger partial charge >= 0.3 is 0 Å². The highest BCUT2D eigenvalue weighted by atomic mass is 16.3. The Bertz CT molecular complexity index is 3940. The molecule has 3 heterocycles. The van der Waals surface area contributed by atoms with E-state index < -0.39 is 0 Å². The Morgan fingerprint density at radius 1 is 0.323 bits per heavy atom. The molecule has 62 heavy (non-hydrogen) atoms. The second kappa shape index (κ2) is 13.6. The van der Waals surface area contributed by atoms with Gasteiger partial charge in [0.25, 0.3) is 0 Å². The minimum atomic E-state index is 0.552. The Morgan fingerprint density at radius 2 is 0.935 bits per heavy atom. The van der Waals surface area contributed by atoms with Crippen molar-refractivity contribution in [3.8, 4) is 51.0 Å². The first-order valence-corrected chi connectivity index (χ1v) is 20.9. The Labute approximate surface area is 355 Å². The maximum Gasteiger partial charge on any atom is 0.166 e. The maximum atomic E-state index is 6.96. The van der Waals surface area contributed by atoms with E-state index in [1.165, 1.54) is 10.8 Å². The molecule has 0 saturated heterocycles. The predicted molar refractivity (Wildman–Crippen MR) is 256 cm³/mol. The first kappa shape index (κ1) is 34.5. The molecule has 0 amide bonds. The highest BCUT2D eigenvalue weighted by Crippen LogP contribution is 2.44. The zero-order chi connectivity index (χ0) is 40.7. The topological polar surface area (TPSA) is 56.7 Å². The van der Waals surface area contributed by atoms with Crippen molar-refractivity contribution >= 4 is 76.1 Å². The SMILES string of the molecule is c1ccc(-c2cccc(-c3nc(-c4ccc5c(oc6ccccc65)c4-n4c5ccccc5c5cc6ccccc6cc54)nc(-c4cc5ccccc5c5ccccc45)n3)c2)cc1. The molecule has 3 aromatic heterocycles. The lowest BCUT2D eigenvalue weighted by Crippen LogP contribution is -2.04. The van der Waals surface area contributed by atoms with Crippen molar-refractivity contribution in [2.24, 2.45) is 0 Å². The third kappa shape index (κ3) is 5.32. The van der Waals surface area contributed by atoms with Crippen LogP contribution in [0.2, 0.25) is 0 Å². The summed E-state index contributed by atoms with van der Waals surface area (Å²) in [6.45, 7) is 0. The molecule has 13 aromatic rings. The van der Waals surface area contributed by atoms with Gasteiger partial charge in [-0.05, 0) is 92.0 Å². The molecule has 0 unspecified atom stereocenters. The number of hydrogen-bond donors (Lipinski definition) is 0. The average Bonchev–Trinajstić information content (AvgIpc) is 3.88. The summed E-state index contributed by atoms with van der Waals surface area (Å²) in [6, 6.07) is 72.7. The highest BCUT2D eigenvalue weighted by molar-refractivity contribution is 6.17. The van der Waals surface area contributed by atoms with E-state index in [0.717, 1.165) is 98.8 Å². The lowest BCUT2D eigenvalue weighted by molar-refractivity contribution is 0.666. The van der Waals surface area contributed by atoms with E-state index >= 15 is 0 Å². The van der Waals surface area contributed by atoms with Crippen LogP contribution in [0.3, 0.4) is 0 Å². The Morgan fingerprint density at radius 3 is 1.77 bits per heavy atom. The highest BCUT2D eigenvalue weighted by Gasteiger charge is 2.25. The van der Waals surface area contributed by atoms with Gasteiger partial charge in [-0.1, -0.05) is 158 Å². The van der Waals surface area contributed by atoms with Gasteiger partial charge < -0.3 is 8.98 Å². The summed E-state index contributed by atoms with van der Waals surface area (Å²) < 4.78 is 9.33. The third-order valence-electron chi connectivity index (χ3n) is 12.4. The van der Waals surface area contributed by atoms with E-state index in [4.69, 9.17) is 19.4 Å². The van der Waals surface area contributed by atoms with Crippen LogP contribution in [-0.2, 0) is 0 Å². The van der Waals surface area contributed by atoms with Crippen LogP contribution >= 0.6 is 0 Å². The molecule has 0 fully saturated rings. The van der Waals surface area contributed by atoms with Gasteiger partial charge in [0.15, 0.2) is 23.1 Å². The minimum Gasteiger partial charge on any atom is -0.454 e. The molecule has 5 heteroatoms. The minimum absolute atomic E-state index is 0.552. The van der Waals surface area contributed by atoms with Crippen LogP contribution < -0.4 is 0 Å². The van der Waals surface area contributed by atoms with E-state index in [1.54, 1.807) is 0 Å². The summed E-state index contributed by atoms with van der Waals surface area (Å²) in [7, 11) is 0. The van der Waals surface area contributed by atoms with Crippen molar-refractivity contribution in [3.05, 3.63) is 206 Å². The Hall–Kier alpha value is -8.41. The number of fused-ring (bicyclic) bond motifs is 10. The predicted octanol–water partition coefficient (Wildman–Crippen LogP) is 15.0. The summed E-state index contributed by atoms with van der Waals surface area (Å²) in [5.41, 5.74) is 9.50. The molecular formula is C57H34N4O. The largest absolute Gasteiger partial charge is 0.454 e. The number of para-hydroxylation sites is 2. The normalized spacial score (nSPS) is 11.9. The standard InChI is InChI=1S/C57H34N4O/c1-2-15-35(16-3-1)36-20-14-21-40(31-36)55-58-56(60-57(59-55)49-33-39-19-6-7-22-41(39)42-23-8-9-24-43(42)49)47-30-29-46-45-26-11-13-28-52(45)62-54(46)53(47)61-50-27-12-10-25-44(50)48-32-37-17-4-5-18-38(37)34-51(48)61/h1-34H. The molecule has 0 aliphatic heterocycles. The van der Waals surface area contributed by atoms with Crippen LogP contribution in [0.1, 0.15) is 0 Å². The smallest absolute Gasteiger partial charge is 0.166 e. The molecule has 13 rings (SSSR count). The van der Waals surface area contributed by atoms with E-state index in [9.17, 15) is 0 Å². The molecule has 10 aromatic carbocycles. The molecule has 0 atom stereocenters. The number of benzene rings is 10. The summed E-state index contributed by atoms with van der Waals surface area (Å²) >= 11 is 0. The summed E-state index contributed by atoms with van der Waals surface area (Å²) in [5.74, 6) is 1.74. The van der Waals surface area contributed by atoms with Crippen LogP contribution in [-0.4, -0.2) is 19.5 Å². The van der Waals surface area contributed by atoms with E-state index in [2.05, 4.69) is 193 Å². The van der Waals surface area contributed by atoms with Crippen LogP contribution in [0, 0.1) is 0 Å². The molecule has 0 radical (unpaired) electrons. The van der Waals surface area contributed by atoms with Crippen LogP contribution in [0.4, 0.5) is 0 Å². The van der Waals surface area contributed by atoms with Crippen molar-refractivity contribution in [3.63, 3.8) is 0 Å². The van der Waals surface area contributed by atoms with Crippen LogP contribution in [0.15, 0.2) is 211 Å². The zero-order valence-corrected chi connectivity index (χ0v) is 33.3. The van der Waals surface area contributed by atoms with Gasteiger partial charge in [-0.3, -0.25) is 0 Å². The van der Waals surface area contributed by atoms with Gasteiger partial charge in [0, 0.05) is 38.2 Å². The van der Waals surface area contributed by atoms with Gasteiger partial charge in [-0.15, -0.1) is 0 Å². The first-order valence-electron chi connectivity index (χ1n) is 20.9. The van der Waals surface area contributed by atoms with Crippen molar-refractivity contribution in [2.45, 2.75) is 0 Å². The number of furan rings is 1. The van der Waals surface area contributed by atoms with Gasteiger partial charge in [0.05, 0.1) is 11.0 Å². The third-order valence-corrected chi connectivity index (χ3v) is 12.4. The fourth-order valence-electron chi connectivity index (χ4n) is 9.53. The number of aromatic nitrogens is 4. The molecule has 0 spiro atoms. The van der Waals surface area contributed by atoms with Crippen LogP contribution in [0.25, 0.3) is 127 Å². The number of rotatable bonds is 5. The molecule has 288 valence electrons. The molecule has 5 nitrogen and oxygen atoms in total.